The van der Waals surface area contributed by atoms with Gasteiger partial charge in [-0.1, -0.05) is 13.3 Å². The molecule has 1 saturated heterocycles. The third-order valence-corrected chi connectivity index (χ3v) is 5.97. The van der Waals surface area contributed by atoms with Crippen LogP contribution in [0, 0.1) is 10.1 Å². The minimum absolute atomic E-state index is 0.0532. The van der Waals surface area contributed by atoms with E-state index in [1.54, 1.807) is 0 Å². The highest BCUT2D eigenvalue weighted by atomic mass is 32.2. The molecule has 134 valence electrons. The molecule has 0 unspecified atom stereocenters. The van der Waals surface area contributed by atoms with Crippen LogP contribution in [0.5, 0.6) is 0 Å². The van der Waals surface area contributed by atoms with Crippen LogP contribution in [-0.2, 0) is 10.0 Å². The van der Waals surface area contributed by atoms with Crippen LogP contribution in [0.3, 0.4) is 0 Å². The molecule has 0 amide bonds. The third-order valence-electron chi connectivity index (χ3n) is 4.49. The molecule has 1 aromatic rings. The number of non-ortho nitro benzene ring substituents is 1. The number of rotatable bonds is 8. The Morgan fingerprint density at radius 2 is 2.00 bits per heavy atom. The molecule has 1 fully saturated rings. The standard InChI is InChI=1S/C16H25N3O4S/c1-2-14-6-3-4-12-18(14)13-5-11-17-24(22,23)16-9-7-15(8-10-16)19(20)21/h7-10,14,17H,2-6,11-13H2,1H3/t14-/m1/s1. The van der Waals surface area contributed by atoms with E-state index < -0.39 is 14.9 Å². The van der Waals surface area contributed by atoms with Crippen LogP contribution in [0.25, 0.3) is 0 Å². The van der Waals surface area contributed by atoms with Crippen molar-refractivity contribution in [2.45, 2.75) is 50.0 Å². The second-order valence-corrected chi connectivity index (χ2v) is 7.86. The van der Waals surface area contributed by atoms with Crippen molar-refractivity contribution in [2.75, 3.05) is 19.6 Å². The molecule has 7 nitrogen and oxygen atoms in total. The van der Waals surface area contributed by atoms with Gasteiger partial charge in [0.1, 0.15) is 0 Å². The zero-order valence-corrected chi connectivity index (χ0v) is 14.8. The summed E-state index contributed by atoms with van der Waals surface area (Å²) in [5, 5.41) is 10.6. The first-order valence-corrected chi connectivity index (χ1v) is 9.90. The number of nitrogens with zero attached hydrogens (tertiary/aromatic N) is 2. The molecule has 1 aromatic carbocycles. The number of likely N-dealkylation sites (tertiary alicyclic amines) is 1. The maximum atomic E-state index is 12.2. The van der Waals surface area contributed by atoms with E-state index in [2.05, 4.69) is 16.5 Å². The lowest BCUT2D eigenvalue weighted by Crippen LogP contribution is -2.40. The first-order valence-electron chi connectivity index (χ1n) is 8.42. The van der Waals surface area contributed by atoms with Gasteiger partial charge in [-0.3, -0.25) is 10.1 Å². The second kappa shape index (κ2) is 8.55. The van der Waals surface area contributed by atoms with Crippen molar-refractivity contribution in [1.82, 2.24) is 9.62 Å². The largest absolute Gasteiger partial charge is 0.300 e. The number of sulfonamides is 1. The van der Waals surface area contributed by atoms with Crippen LogP contribution in [0.2, 0.25) is 0 Å². The summed E-state index contributed by atoms with van der Waals surface area (Å²) in [6.45, 7) is 4.54. The summed E-state index contributed by atoms with van der Waals surface area (Å²) in [6.07, 6.45) is 5.61. The van der Waals surface area contributed by atoms with Gasteiger partial charge in [0.25, 0.3) is 5.69 Å². The first-order chi connectivity index (χ1) is 11.4. The molecule has 0 aromatic heterocycles. The molecule has 8 heteroatoms. The zero-order valence-electron chi connectivity index (χ0n) is 14.0. The molecule has 24 heavy (non-hydrogen) atoms. The molecular formula is C16H25N3O4S. The predicted molar refractivity (Wildman–Crippen MR) is 92.4 cm³/mol. The summed E-state index contributed by atoms with van der Waals surface area (Å²) in [6, 6.07) is 5.55. The van der Waals surface area contributed by atoms with Crippen LogP contribution < -0.4 is 4.72 Å². The van der Waals surface area contributed by atoms with Crippen LogP contribution in [0.15, 0.2) is 29.2 Å². The Morgan fingerprint density at radius 3 is 2.62 bits per heavy atom. The highest BCUT2D eigenvalue weighted by molar-refractivity contribution is 7.89. The lowest BCUT2D eigenvalue weighted by Gasteiger charge is -2.35. The van der Waals surface area contributed by atoms with Crippen molar-refractivity contribution < 1.29 is 13.3 Å². The van der Waals surface area contributed by atoms with Gasteiger partial charge in [-0.25, -0.2) is 13.1 Å². The average Bonchev–Trinajstić information content (AvgIpc) is 2.59. The maximum absolute atomic E-state index is 12.2. The van der Waals surface area contributed by atoms with E-state index in [4.69, 9.17) is 0 Å². The normalized spacial score (nSPS) is 19.3. The summed E-state index contributed by atoms with van der Waals surface area (Å²) in [5.74, 6) is 0. The molecule has 1 atom stereocenters. The number of benzene rings is 1. The van der Waals surface area contributed by atoms with E-state index in [-0.39, 0.29) is 10.6 Å². The summed E-state index contributed by atoms with van der Waals surface area (Å²) in [7, 11) is -3.62. The second-order valence-electron chi connectivity index (χ2n) is 6.10. The van der Waals surface area contributed by atoms with Gasteiger partial charge in [-0.05, 0) is 50.9 Å². The first kappa shape index (κ1) is 18.8. The maximum Gasteiger partial charge on any atom is 0.269 e. The number of nitro groups is 1. The lowest BCUT2D eigenvalue weighted by molar-refractivity contribution is -0.384. The van der Waals surface area contributed by atoms with Crippen molar-refractivity contribution in [3.63, 3.8) is 0 Å². The molecule has 0 aliphatic carbocycles. The summed E-state index contributed by atoms with van der Waals surface area (Å²) in [4.78, 5) is 12.6. The average molecular weight is 355 g/mol. The van der Waals surface area contributed by atoms with Gasteiger partial charge in [0.2, 0.25) is 10.0 Å². The van der Waals surface area contributed by atoms with Gasteiger partial charge in [0, 0.05) is 24.7 Å². The Kier molecular flexibility index (Phi) is 6.70. The Bertz CT molecular complexity index is 646. The van der Waals surface area contributed by atoms with E-state index >= 15 is 0 Å². The van der Waals surface area contributed by atoms with Gasteiger partial charge in [-0.2, -0.15) is 0 Å². The van der Waals surface area contributed by atoms with Crippen molar-refractivity contribution >= 4 is 15.7 Å². The Balaban J connectivity index is 1.83. The molecule has 1 aliphatic rings. The highest BCUT2D eigenvalue weighted by Crippen LogP contribution is 2.19. The smallest absolute Gasteiger partial charge is 0.269 e. The van der Waals surface area contributed by atoms with Crippen LogP contribution in [0.1, 0.15) is 39.0 Å². The van der Waals surface area contributed by atoms with Crippen molar-refractivity contribution in [3.05, 3.63) is 34.4 Å². The Hall–Kier alpha value is -1.51. The van der Waals surface area contributed by atoms with E-state index in [1.807, 2.05) is 0 Å². The number of hydrogen-bond donors (Lipinski definition) is 1. The molecule has 0 saturated carbocycles. The van der Waals surface area contributed by atoms with E-state index in [0.717, 1.165) is 25.9 Å². The fourth-order valence-corrected chi connectivity index (χ4v) is 4.21. The van der Waals surface area contributed by atoms with Crippen LogP contribution in [-0.4, -0.2) is 43.9 Å². The van der Waals surface area contributed by atoms with Crippen molar-refractivity contribution in [2.24, 2.45) is 0 Å². The zero-order chi connectivity index (χ0) is 17.6. The van der Waals surface area contributed by atoms with Crippen LogP contribution >= 0.6 is 0 Å². The Labute approximate surface area is 143 Å². The number of nitro benzene ring substituents is 1. The van der Waals surface area contributed by atoms with Crippen molar-refractivity contribution in [1.29, 1.82) is 0 Å². The topological polar surface area (TPSA) is 92.6 Å². The fourth-order valence-electron chi connectivity index (χ4n) is 3.14. The summed E-state index contributed by atoms with van der Waals surface area (Å²) >= 11 is 0. The Morgan fingerprint density at radius 1 is 1.29 bits per heavy atom. The van der Waals surface area contributed by atoms with Crippen LogP contribution in [0.4, 0.5) is 5.69 Å². The minimum Gasteiger partial charge on any atom is -0.300 e. The van der Waals surface area contributed by atoms with E-state index in [1.165, 1.54) is 43.5 Å². The number of hydrogen-bond acceptors (Lipinski definition) is 5. The van der Waals surface area contributed by atoms with Gasteiger partial charge < -0.3 is 4.90 Å². The molecule has 2 rings (SSSR count). The molecule has 1 aliphatic heterocycles. The molecule has 0 spiro atoms. The van der Waals surface area contributed by atoms with Gasteiger partial charge in [0.05, 0.1) is 9.82 Å². The predicted octanol–water partition coefficient (Wildman–Crippen LogP) is 2.53. The summed E-state index contributed by atoms with van der Waals surface area (Å²) in [5.41, 5.74) is -0.121. The van der Waals surface area contributed by atoms with Gasteiger partial charge >= 0.3 is 0 Å². The monoisotopic (exact) mass is 355 g/mol. The summed E-state index contributed by atoms with van der Waals surface area (Å²) < 4.78 is 27.0. The molecule has 1 heterocycles. The lowest BCUT2D eigenvalue weighted by atomic mass is 10.00. The quantitative estimate of drug-likeness (QED) is 0.439. The number of nitrogens with one attached hydrogen (secondary N) is 1. The third kappa shape index (κ3) is 4.99. The molecule has 1 N–H and O–H groups in total. The molecule has 0 bridgehead atoms. The van der Waals surface area contributed by atoms with Gasteiger partial charge in [0.15, 0.2) is 0 Å². The SMILES string of the molecule is CC[C@@H]1CCCCN1CCCNS(=O)(=O)c1ccc([N+](=O)[O-])cc1. The highest BCUT2D eigenvalue weighted by Gasteiger charge is 2.20. The van der Waals surface area contributed by atoms with E-state index in [9.17, 15) is 18.5 Å². The minimum atomic E-state index is -3.62. The van der Waals surface area contributed by atoms with Gasteiger partial charge in [-0.15, -0.1) is 0 Å². The fraction of sp³-hybridized carbons (Fsp3) is 0.625. The molecular weight excluding hydrogens is 330 g/mol. The molecule has 0 radical (unpaired) electrons. The number of piperidine rings is 1. The van der Waals surface area contributed by atoms with Crippen molar-refractivity contribution in [3.8, 4) is 0 Å². The van der Waals surface area contributed by atoms with E-state index in [0.29, 0.717) is 12.6 Å².